The third-order valence-corrected chi connectivity index (χ3v) is 6.35. The van der Waals surface area contributed by atoms with Gasteiger partial charge in [-0.2, -0.15) is 5.26 Å². The third-order valence-electron chi connectivity index (χ3n) is 6.35. The Morgan fingerprint density at radius 2 is 1.97 bits per heavy atom. The molecule has 2 heterocycles. The molecule has 3 N–H and O–H groups in total. The number of nitrogens with two attached hydrogens (primary N) is 1. The van der Waals surface area contributed by atoms with Gasteiger partial charge in [0, 0.05) is 48.7 Å². The van der Waals surface area contributed by atoms with E-state index in [1.165, 1.54) is 0 Å². The Labute approximate surface area is 217 Å². The lowest BCUT2D eigenvalue weighted by molar-refractivity contribution is 0.0953. The molecule has 0 amide bonds. The van der Waals surface area contributed by atoms with Crippen LogP contribution < -0.4 is 10.5 Å². The number of fused-ring (bicyclic) bond motifs is 1. The van der Waals surface area contributed by atoms with Crippen molar-refractivity contribution < 1.29 is 14.6 Å². The Morgan fingerprint density at radius 3 is 2.65 bits per heavy atom. The molecule has 1 atom stereocenters. The number of aliphatic hydroxyl groups excluding tert-OH is 1. The van der Waals surface area contributed by atoms with Crippen molar-refractivity contribution in [3.05, 3.63) is 89.2 Å². The minimum atomic E-state index is -0.0647. The SMILES string of the molecule is CC(C)Oc1ccc(C(=O)C[C@H](CCO)Cc2ccc(-c3cn4cccc(CN)c4n3)cc2)cc1C#N. The van der Waals surface area contributed by atoms with Gasteiger partial charge < -0.3 is 20.0 Å². The van der Waals surface area contributed by atoms with E-state index in [-0.39, 0.29) is 30.8 Å². The minimum Gasteiger partial charge on any atom is -0.490 e. The monoisotopic (exact) mass is 496 g/mol. The molecule has 0 aliphatic heterocycles. The van der Waals surface area contributed by atoms with Crippen LogP contribution in [0.2, 0.25) is 0 Å². The second-order valence-corrected chi connectivity index (χ2v) is 9.49. The molecule has 7 nitrogen and oxygen atoms in total. The number of nitrogens with zero attached hydrogens (tertiary/aromatic N) is 3. The number of nitriles is 1. The molecule has 4 aromatic rings. The summed E-state index contributed by atoms with van der Waals surface area (Å²) in [4.78, 5) is 17.8. The fraction of sp³-hybridized carbons (Fsp3) is 0.300. The van der Waals surface area contributed by atoms with Gasteiger partial charge in [0.15, 0.2) is 5.78 Å². The quantitative estimate of drug-likeness (QED) is 0.285. The second-order valence-electron chi connectivity index (χ2n) is 9.49. The van der Waals surface area contributed by atoms with Crippen LogP contribution in [-0.2, 0) is 13.0 Å². The van der Waals surface area contributed by atoms with Crippen molar-refractivity contribution in [3.8, 4) is 23.1 Å². The molecule has 37 heavy (non-hydrogen) atoms. The molecule has 0 aliphatic rings. The number of aliphatic hydroxyl groups is 1. The number of hydrogen-bond acceptors (Lipinski definition) is 6. The number of imidazole rings is 1. The molecular weight excluding hydrogens is 464 g/mol. The average molecular weight is 497 g/mol. The van der Waals surface area contributed by atoms with Crippen LogP contribution in [0.1, 0.15) is 53.7 Å². The fourth-order valence-electron chi connectivity index (χ4n) is 4.50. The standard InChI is InChI=1S/C30H32N4O3/c1-20(2)37-29-10-9-24(16-26(29)18-32)28(36)15-22(11-13-35)14-21-5-7-23(8-6-21)27-19-34-12-3-4-25(17-31)30(34)33-27/h3-10,12,16,19-20,22,35H,11,13-15,17,31H2,1-2H3/t22-/m1/s1. The van der Waals surface area contributed by atoms with Gasteiger partial charge in [-0.05, 0) is 62.4 Å². The van der Waals surface area contributed by atoms with E-state index in [4.69, 9.17) is 15.5 Å². The maximum absolute atomic E-state index is 13.0. The summed E-state index contributed by atoms with van der Waals surface area (Å²) in [5.41, 5.74) is 11.5. The Kier molecular flexibility index (Phi) is 8.34. The van der Waals surface area contributed by atoms with Crippen LogP contribution in [0.4, 0.5) is 0 Å². The highest BCUT2D eigenvalue weighted by molar-refractivity contribution is 5.96. The fourth-order valence-corrected chi connectivity index (χ4v) is 4.50. The van der Waals surface area contributed by atoms with Crippen LogP contribution in [0.15, 0.2) is 67.0 Å². The van der Waals surface area contributed by atoms with Gasteiger partial charge in [0.25, 0.3) is 0 Å². The summed E-state index contributed by atoms with van der Waals surface area (Å²) in [6.45, 7) is 4.21. The van der Waals surface area contributed by atoms with E-state index in [1.807, 2.05) is 67.0 Å². The number of carbonyl (C=O) groups excluding carboxylic acids is 1. The van der Waals surface area contributed by atoms with Crippen LogP contribution in [0.3, 0.4) is 0 Å². The molecular formula is C30H32N4O3. The van der Waals surface area contributed by atoms with Gasteiger partial charge in [0.05, 0.1) is 17.4 Å². The first kappa shape index (κ1) is 26.1. The Morgan fingerprint density at radius 1 is 1.19 bits per heavy atom. The molecule has 0 spiro atoms. The molecule has 0 saturated heterocycles. The van der Waals surface area contributed by atoms with Crippen LogP contribution in [0.25, 0.3) is 16.9 Å². The van der Waals surface area contributed by atoms with E-state index in [9.17, 15) is 15.2 Å². The van der Waals surface area contributed by atoms with Gasteiger partial charge in [-0.3, -0.25) is 4.79 Å². The zero-order chi connectivity index (χ0) is 26.4. The molecule has 190 valence electrons. The van der Waals surface area contributed by atoms with Crippen molar-refractivity contribution in [1.29, 1.82) is 5.26 Å². The Balaban J connectivity index is 1.47. The third kappa shape index (κ3) is 6.23. The number of carbonyl (C=O) groups is 1. The van der Waals surface area contributed by atoms with Crippen LogP contribution >= 0.6 is 0 Å². The molecule has 2 aromatic heterocycles. The first-order chi connectivity index (χ1) is 17.9. The topological polar surface area (TPSA) is 114 Å². The van der Waals surface area contributed by atoms with Gasteiger partial charge in [0.2, 0.25) is 0 Å². The zero-order valence-corrected chi connectivity index (χ0v) is 21.2. The van der Waals surface area contributed by atoms with E-state index in [1.54, 1.807) is 18.2 Å². The summed E-state index contributed by atoms with van der Waals surface area (Å²) in [5, 5.41) is 19.1. The Hall–Kier alpha value is -3.99. The van der Waals surface area contributed by atoms with Crippen LogP contribution in [0.5, 0.6) is 5.75 Å². The number of hydrogen-bond donors (Lipinski definition) is 2. The number of pyridine rings is 1. The van der Waals surface area contributed by atoms with Crippen molar-refractivity contribution in [2.24, 2.45) is 11.7 Å². The smallest absolute Gasteiger partial charge is 0.163 e. The van der Waals surface area contributed by atoms with Crippen molar-refractivity contribution in [2.45, 2.75) is 45.8 Å². The Bertz CT molecular complexity index is 1420. The normalized spacial score (nSPS) is 12.0. The molecule has 7 heteroatoms. The number of Topliss-reactive ketones (excluding diaryl/α,β-unsaturated/α-hetero) is 1. The van der Waals surface area contributed by atoms with Gasteiger partial charge in [-0.15, -0.1) is 0 Å². The maximum Gasteiger partial charge on any atom is 0.163 e. The summed E-state index contributed by atoms with van der Waals surface area (Å²) in [7, 11) is 0. The molecule has 0 unspecified atom stereocenters. The molecule has 0 bridgehead atoms. The second kappa shape index (κ2) is 11.8. The lowest BCUT2D eigenvalue weighted by Crippen LogP contribution is -2.14. The maximum atomic E-state index is 13.0. The largest absolute Gasteiger partial charge is 0.490 e. The lowest BCUT2D eigenvalue weighted by Gasteiger charge is -2.16. The predicted molar refractivity (Wildman–Crippen MR) is 143 cm³/mol. The van der Waals surface area contributed by atoms with Gasteiger partial charge >= 0.3 is 0 Å². The number of benzene rings is 2. The first-order valence-electron chi connectivity index (χ1n) is 12.5. The highest BCUT2D eigenvalue weighted by Gasteiger charge is 2.18. The summed E-state index contributed by atoms with van der Waals surface area (Å²) < 4.78 is 7.64. The van der Waals surface area contributed by atoms with E-state index < -0.39 is 0 Å². The molecule has 2 aromatic carbocycles. The van der Waals surface area contributed by atoms with Crippen LogP contribution in [-0.4, -0.2) is 33.0 Å². The van der Waals surface area contributed by atoms with Gasteiger partial charge in [0.1, 0.15) is 17.5 Å². The summed E-state index contributed by atoms with van der Waals surface area (Å²) in [6, 6.07) is 19.2. The molecule has 0 aliphatic carbocycles. The average Bonchev–Trinajstić information content (AvgIpc) is 3.33. The van der Waals surface area contributed by atoms with E-state index in [0.717, 1.165) is 28.0 Å². The lowest BCUT2D eigenvalue weighted by atomic mass is 9.89. The van der Waals surface area contributed by atoms with Crippen molar-refractivity contribution >= 4 is 11.4 Å². The molecule has 4 rings (SSSR count). The van der Waals surface area contributed by atoms with E-state index in [0.29, 0.717) is 36.3 Å². The van der Waals surface area contributed by atoms with Gasteiger partial charge in [-0.25, -0.2) is 4.98 Å². The summed E-state index contributed by atoms with van der Waals surface area (Å²) in [5.74, 6) is 0.400. The zero-order valence-electron chi connectivity index (χ0n) is 21.2. The van der Waals surface area contributed by atoms with Gasteiger partial charge in [-0.1, -0.05) is 30.3 Å². The molecule has 0 saturated carbocycles. The number of ether oxygens (including phenoxy) is 1. The van der Waals surface area contributed by atoms with Crippen molar-refractivity contribution in [2.75, 3.05) is 6.61 Å². The van der Waals surface area contributed by atoms with Crippen LogP contribution in [0, 0.1) is 17.2 Å². The summed E-state index contributed by atoms with van der Waals surface area (Å²) in [6.07, 6.45) is 5.34. The van der Waals surface area contributed by atoms with E-state index in [2.05, 4.69) is 6.07 Å². The summed E-state index contributed by atoms with van der Waals surface area (Å²) >= 11 is 0. The number of ketones is 1. The molecule has 0 fully saturated rings. The van der Waals surface area contributed by atoms with Crippen molar-refractivity contribution in [1.82, 2.24) is 9.38 Å². The minimum absolute atomic E-state index is 0.00532. The molecule has 0 radical (unpaired) electrons. The number of rotatable bonds is 11. The number of aromatic nitrogens is 2. The highest BCUT2D eigenvalue weighted by Crippen LogP contribution is 2.26. The van der Waals surface area contributed by atoms with Crippen molar-refractivity contribution in [3.63, 3.8) is 0 Å². The van der Waals surface area contributed by atoms with E-state index >= 15 is 0 Å². The first-order valence-corrected chi connectivity index (χ1v) is 12.5. The highest BCUT2D eigenvalue weighted by atomic mass is 16.5. The predicted octanol–water partition coefficient (Wildman–Crippen LogP) is 4.93.